The first kappa shape index (κ1) is 21.0. The van der Waals surface area contributed by atoms with E-state index in [-0.39, 0.29) is 29.9 Å². The number of aryl methyl sites for hydroxylation is 1. The molecule has 1 saturated carbocycles. The third-order valence-corrected chi connectivity index (χ3v) is 5.28. The van der Waals surface area contributed by atoms with Gasteiger partial charge in [0.05, 0.1) is 11.9 Å². The number of hydrogen-bond donors (Lipinski definition) is 1. The van der Waals surface area contributed by atoms with Gasteiger partial charge in [0.2, 0.25) is 5.91 Å². The van der Waals surface area contributed by atoms with Gasteiger partial charge in [-0.05, 0) is 25.2 Å². The highest BCUT2D eigenvalue weighted by molar-refractivity contribution is 14.0. The number of halogens is 1. The maximum absolute atomic E-state index is 12.6. The molecule has 3 rings (SSSR count). The van der Waals surface area contributed by atoms with Crippen molar-refractivity contribution in [1.82, 2.24) is 20.0 Å². The van der Waals surface area contributed by atoms with E-state index in [1.54, 1.807) is 10.9 Å². The van der Waals surface area contributed by atoms with E-state index in [0.717, 1.165) is 31.3 Å². The molecule has 7 nitrogen and oxygen atoms in total. The minimum absolute atomic E-state index is 0. The van der Waals surface area contributed by atoms with Crippen molar-refractivity contribution in [2.45, 2.75) is 39.5 Å². The molecule has 146 valence electrons. The van der Waals surface area contributed by atoms with Gasteiger partial charge < -0.3 is 15.1 Å². The zero-order valence-corrected chi connectivity index (χ0v) is 18.4. The van der Waals surface area contributed by atoms with E-state index < -0.39 is 0 Å². The van der Waals surface area contributed by atoms with Gasteiger partial charge >= 0.3 is 0 Å². The number of anilines is 1. The molecule has 1 aliphatic carbocycles. The van der Waals surface area contributed by atoms with Crippen LogP contribution in [0.1, 0.15) is 39.5 Å². The number of nitrogens with zero attached hydrogens (tertiary/aromatic N) is 5. The van der Waals surface area contributed by atoms with Gasteiger partial charge in [-0.25, -0.2) is 0 Å². The lowest BCUT2D eigenvalue weighted by Crippen LogP contribution is -2.55. The molecule has 1 aromatic heterocycles. The summed E-state index contributed by atoms with van der Waals surface area (Å²) in [5.74, 6) is 0.965. The number of aliphatic imine (C=N–C) groups is 1. The van der Waals surface area contributed by atoms with Crippen LogP contribution < -0.4 is 10.2 Å². The van der Waals surface area contributed by atoms with Crippen molar-refractivity contribution in [2.75, 3.05) is 37.6 Å². The molecule has 1 aliphatic heterocycles. The summed E-state index contributed by atoms with van der Waals surface area (Å²) in [6.45, 7) is 7.85. The number of guanidine groups is 1. The van der Waals surface area contributed by atoms with E-state index in [0.29, 0.717) is 18.5 Å². The molecule has 0 bridgehead atoms. The molecule has 0 spiro atoms. The number of piperazine rings is 1. The zero-order valence-electron chi connectivity index (χ0n) is 16.1. The summed E-state index contributed by atoms with van der Waals surface area (Å²) in [7, 11) is 1.86. The van der Waals surface area contributed by atoms with Crippen molar-refractivity contribution >= 4 is 41.5 Å². The summed E-state index contributed by atoms with van der Waals surface area (Å²) >= 11 is 0. The van der Waals surface area contributed by atoms with Gasteiger partial charge in [0, 0.05) is 39.4 Å². The molecular weight excluding hydrogens is 443 g/mol. The van der Waals surface area contributed by atoms with Gasteiger partial charge in [0.25, 0.3) is 0 Å². The first-order chi connectivity index (χ1) is 12.0. The molecule has 26 heavy (non-hydrogen) atoms. The number of amides is 1. The second kappa shape index (κ2) is 9.05. The van der Waals surface area contributed by atoms with Crippen molar-refractivity contribution < 1.29 is 4.79 Å². The van der Waals surface area contributed by atoms with Crippen LogP contribution in [0.5, 0.6) is 0 Å². The largest absolute Gasteiger partial charge is 0.357 e. The Morgan fingerprint density at radius 1 is 1.35 bits per heavy atom. The van der Waals surface area contributed by atoms with E-state index in [1.807, 2.05) is 18.1 Å². The van der Waals surface area contributed by atoms with Crippen molar-refractivity contribution in [2.24, 2.45) is 17.5 Å². The van der Waals surface area contributed by atoms with Crippen LogP contribution >= 0.6 is 24.0 Å². The molecule has 0 radical (unpaired) electrons. The third-order valence-electron chi connectivity index (χ3n) is 5.28. The van der Waals surface area contributed by atoms with Crippen LogP contribution in [0.25, 0.3) is 0 Å². The number of carbonyl (C=O) groups is 1. The molecule has 2 heterocycles. The predicted octanol–water partition coefficient (Wildman–Crippen LogP) is 2.23. The molecule has 1 N–H and O–H groups in total. The summed E-state index contributed by atoms with van der Waals surface area (Å²) < 4.78 is 1.73. The molecule has 2 fully saturated rings. The van der Waals surface area contributed by atoms with Crippen LogP contribution in [0.2, 0.25) is 0 Å². The van der Waals surface area contributed by atoms with E-state index in [4.69, 9.17) is 4.99 Å². The first-order valence-electron chi connectivity index (χ1n) is 9.33. The Hall–Kier alpha value is -1.32. The summed E-state index contributed by atoms with van der Waals surface area (Å²) in [6, 6.07) is 0. The SMILES string of the molecule is CCNC(=NCC1(C)CCCC1)N1CCN(c2cnn(C)c2)C(=O)C1.I. The summed E-state index contributed by atoms with van der Waals surface area (Å²) in [4.78, 5) is 21.4. The molecular formula is C18H31IN6O. The lowest BCUT2D eigenvalue weighted by molar-refractivity contribution is -0.120. The highest BCUT2D eigenvalue weighted by Gasteiger charge is 2.30. The quantitative estimate of drug-likeness (QED) is 0.413. The van der Waals surface area contributed by atoms with Crippen LogP contribution in [-0.2, 0) is 11.8 Å². The molecule has 2 aliphatic rings. The Kier molecular flexibility index (Phi) is 7.31. The number of carbonyl (C=O) groups excluding carboxylic acids is 1. The average molecular weight is 474 g/mol. The Labute approximate surface area is 173 Å². The standard InChI is InChI=1S/C18H30N6O.HI/c1-4-19-17(20-14-18(2)7-5-6-8-18)23-9-10-24(16(25)13-23)15-11-21-22(3)12-15;/h11-12H,4-10,13-14H2,1-3H3,(H,19,20);1H. The maximum Gasteiger partial charge on any atom is 0.246 e. The average Bonchev–Trinajstić information content (AvgIpc) is 3.20. The van der Waals surface area contributed by atoms with Gasteiger partial charge in [-0.15, -0.1) is 24.0 Å². The number of aromatic nitrogens is 2. The van der Waals surface area contributed by atoms with Gasteiger partial charge in [-0.1, -0.05) is 19.8 Å². The van der Waals surface area contributed by atoms with Gasteiger partial charge in [0.15, 0.2) is 5.96 Å². The molecule has 0 unspecified atom stereocenters. The molecule has 0 atom stereocenters. The van der Waals surface area contributed by atoms with Gasteiger partial charge in [-0.3, -0.25) is 14.5 Å². The highest BCUT2D eigenvalue weighted by Crippen LogP contribution is 2.37. The Morgan fingerprint density at radius 3 is 2.65 bits per heavy atom. The topological polar surface area (TPSA) is 65.8 Å². The van der Waals surface area contributed by atoms with Crippen LogP contribution in [0.4, 0.5) is 5.69 Å². The molecule has 1 saturated heterocycles. The van der Waals surface area contributed by atoms with Gasteiger partial charge in [0.1, 0.15) is 6.54 Å². The fourth-order valence-corrected chi connectivity index (χ4v) is 3.75. The summed E-state index contributed by atoms with van der Waals surface area (Å²) in [6.07, 6.45) is 8.75. The summed E-state index contributed by atoms with van der Waals surface area (Å²) in [5.41, 5.74) is 1.19. The number of hydrogen-bond acceptors (Lipinski definition) is 3. The second-order valence-electron chi connectivity index (χ2n) is 7.53. The third kappa shape index (κ3) is 4.89. The van der Waals surface area contributed by atoms with Crippen LogP contribution in [-0.4, -0.2) is 59.3 Å². The molecule has 1 aromatic rings. The normalized spacial score (nSPS) is 20.3. The molecule has 0 aromatic carbocycles. The first-order valence-corrected chi connectivity index (χ1v) is 9.33. The van der Waals surface area contributed by atoms with Gasteiger partial charge in [-0.2, -0.15) is 5.10 Å². The van der Waals surface area contributed by atoms with Crippen LogP contribution in [0.15, 0.2) is 17.4 Å². The zero-order chi connectivity index (χ0) is 17.9. The monoisotopic (exact) mass is 474 g/mol. The van der Waals surface area contributed by atoms with Crippen LogP contribution in [0.3, 0.4) is 0 Å². The van der Waals surface area contributed by atoms with E-state index >= 15 is 0 Å². The van der Waals surface area contributed by atoms with E-state index in [9.17, 15) is 4.79 Å². The number of nitrogens with one attached hydrogen (secondary N) is 1. The van der Waals surface area contributed by atoms with Crippen LogP contribution in [0, 0.1) is 5.41 Å². The van der Waals surface area contributed by atoms with Crippen molar-refractivity contribution in [3.8, 4) is 0 Å². The molecule has 1 amide bonds. The number of rotatable bonds is 4. The molecule has 8 heteroatoms. The Morgan fingerprint density at radius 2 is 2.08 bits per heavy atom. The minimum atomic E-state index is 0. The van der Waals surface area contributed by atoms with E-state index in [1.165, 1.54) is 25.7 Å². The van der Waals surface area contributed by atoms with Crippen molar-refractivity contribution in [1.29, 1.82) is 0 Å². The lowest BCUT2D eigenvalue weighted by Gasteiger charge is -2.35. The smallest absolute Gasteiger partial charge is 0.246 e. The maximum atomic E-state index is 12.6. The fourth-order valence-electron chi connectivity index (χ4n) is 3.75. The Bertz CT molecular complexity index is 637. The highest BCUT2D eigenvalue weighted by atomic mass is 127. The second-order valence-corrected chi connectivity index (χ2v) is 7.53. The van der Waals surface area contributed by atoms with Crippen molar-refractivity contribution in [3.63, 3.8) is 0 Å². The summed E-state index contributed by atoms with van der Waals surface area (Å²) in [5, 5.41) is 7.53. The lowest BCUT2D eigenvalue weighted by atomic mass is 9.89. The predicted molar refractivity (Wildman–Crippen MR) is 115 cm³/mol. The fraction of sp³-hybridized carbons (Fsp3) is 0.722. The Balaban J connectivity index is 0.00000243. The van der Waals surface area contributed by atoms with Crippen molar-refractivity contribution in [3.05, 3.63) is 12.4 Å². The minimum Gasteiger partial charge on any atom is -0.357 e. The van der Waals surface area contributed by atoms with E-state index in [2.05, 4.69) is 29.2 Å².